The van der Waals surface area contributed by atoms with Crippen LogP contribution in [0.5, 0.6) is 11.5 Å². The number of carbonyl (C=O) groups is 2. The van der Waals surface area contributed by atoms with Crippen molar-refractivity contribution in [3.8, 4) is 28.6 Å². The monoisotopic (exact) mass is 504 g/mol. The van der Waals surface area contributed by atoms with Gasteiger partial charge < -0.3 is 19.5 Å². The van der Waals surface area contributed by atoms with E-state index >= 15 is 0 Å². The van der Waals surface area contributed by atoms with Crippen LogP contribution in [-0.2, 0) is 9.53 Å². The van der Waals surface area contributed by atoms with E-state index in [0.717, 1.165) is 11.3 Å². The van der Waals surface area contributed by atoms with Crippen LogP contribution in [0.2, 0.25) is 0 Å². The molecule has 0 radical (unpaired) electrons. The van der Waals surface area contributed by atoms with Gasteiger partial charge in [-0.1, -0.05) is 30.0 Å². The predicted octanol–water partition coefficient (Wildman–Crippen LogP) is 4.47. The summed E-state index contributed by atoms with van der Waals surface area (Å²) in [6, 6.07) is 21.7. The van der Waals surface area contributed by atoms with Crippen LogP contribution >= 0.6 is 11.8 Å². The summed E-state index contributed by atoms with van der Waals surface area (Å²) in [5, 5.41) is 12.1. The number of esters is 1. The van der Waals surface area contributed by atoms with Crippen molar-refractivity contribution in [1.82, 2.24) is 14.8 Å². The fourth-order valence-electron chi connectivity index (χ4n) is 3.47. The van der Waals surface area contributed by atoms with Gasteiger partial charge in [-0.25, -0.2) is 4.79 Å². The Morgan fingerprint density at radius 3 is 2.28 bits per heavy atom. The van der Waals surface area contributed by atoms with Crippen LogP contribution < -0.4 is 14.8 Å². The van der Waals surface area contributed by atoms with E-state index in [0.29, 0.717) is 33.7 Å². The van der Waals surface area contributed by atoms with Gasteiger partial charge in [-0.3, -0.25) is 9.36 Å². The summed E-state index contributed by atoms with van der Waals surface area (Å²) < 4.78 is 17.4. The lowest BCUT2D eigenvalue weighted by Gasteiger charge is -2.12. The molecule has 0 aliphatic rings. The Balaban J connectivity index is 1.56. The van der Waals surface area contributed by atoms with E-state index in [4.69, 9.17) is 14.2 Å². The minimum absolute atomic E-state index is 0.107. The third-order valence-electron chi connectivity index (χ3n) is 5.21. The number of rotatable bonds is 9. The maximum Gasteiger partial charge on any atom is 0.337 e. The van der Waals surface area contributed by atoms with Gasteiger partial charge in [0.05, 0.1) is 32.6 Å². The lowest BCUT2D eigenvalue weighted by Crippen LogP contribution is -2.14. The Morgan fingerprint density at radius 2 is 1.61 bits per heavy atom. The van der Waals surface area contributed by atoms with Crippen molar-refractivity contribution < 1.29 is 23.8 Å². The van der Waals surface area contributed by atoms with E-state index in [9.17, 15) is 9.59 Å². The normalized spacial score (nSPS) is 10.5. The summed E-state index contributed by atoms with van der Waals surface area (Å²) in [6.45, 7) is 0. The lowest BCUT2D eigenvalue weighted by atomic mass is 10.2. The van der Waals surface area contributed by atoms with E-state index in [2.05, 4.69) is 15.5 Å². The van der Waals surface area contributed by atoms with Crippen LogP contribution in [0.15, 0.2) is 78.0 Å². The number of para-hydroxylation sites is 1. The number of hydrogen-bond acceptors (Lipinski definition) is 8. The SMILES string of the molecule is COC(=O)c1ccc(NC(=O)CSc2nnc(-c3ccc(OC)c(OC)c3)n2-c2ccccc2)cc1. The van der Waals surface area contributed by atoms with Crippen molar-refractivity contribution in [3.05, 3.63) is 78.4 Å². The summed E-state index contributed by atoms with van der Waals surface area (Å²) in [5.74, 6) is 1.23. The molecule has 0 saturated carbocycles. The fourth-order valence-corrected chi connectivity index (χ4v) is 4.22. The lowest BCUT2D eigenvalue weighted by molar-refractivity contribution is -0.113. The molecule has 184 valence electrons. The number of methoxy groups -OCH3 is 3. The number of nitrogens with one attached hydrogen (secondary N) is 1. The van der Waals surface area contributed by atoms with Crippen molar-refractivity contribution in [2.75, 3.05) is 32.4 Å². The number of hydrogen-bond donors (Lipinski definition) is 1. The van der Waals surface area contributed by atoms with Crippen LogP contribution in [0, 0.1) is 0 Å². The molecule has 0 unspecified atom stereocenters. The topological polar surface area (TPSA) is 105 Å². The zero-order valence-electron chi connectivity index (χ0n) is 19.9. The molecule has 0 aliphatic heterocycles. The molecule has 0 atom stereocenters. The maximum atomic E-state index is 12.6. The molecule has 1 N–H and O–H groups in total. The van der Waals surface area contributed by atoms with E-state index in [1.165, 1.54) is 18.9 Å². The van der Waals surface area contributed by atoms with E-state index in [1.807, 2.05) is 53.1 Å². The van der Waals surface area contributed by atoms with Gasteiger partial charge >= 0.3 is 5.97 Å². The predicted molar refractivity (Wildman–Crippen MR) is 137 cm³/mol. The number of amides is 1. The first kappa shape index (κ1) is 24.8. The van der Waals surface area contributed by atoms with Crippen molar-refractivity contribution in [1.29, 1.82) is 0 Å². The van der Waals surface area contributed by atoms with Crippen LogP contribution in [0.25, 0.3) is 17.1 Å². The van der Waals surface area contributed by atoms with Gasteiger partial charge in [0.1, 0.15) is 0 Å². The van der Waals surface area contributed by atoms with Crippen LogP contribution in [0.3, 0.4) is 0 Å². The highest BCUT2D eigenvalue weighted by atomic mass is 32.2. The summed E-state index contributed by atoms with van der Waals surface area (Å²) in [4.78, 5) is 24.2. The van der Waals surface area contributed by atoms with Crippen LogP contribution in [-0.4, -0.2) is 53.7 Å². The molecular weight excluding hydrogens is 480 g/mol. The molecule has 4 rings (SSSR count). The number of nitrogens with zero attached hydrogens (tertiary/aromatic N) is 3. The third kappa shape index (κ3) is 5.49. The summed E-state index contributed by atoms with van der Waals surface area (Å²) >= 11 is 1.26. The highest BCUT2D eigenvalue weighted by Gasteiger charge is 2.19. The zero-order chi connectivity index (χ0) is 25.5. The largest absolute Gasteiger partial charge is 0.493 e. The van der Waals surface area contributed by atoms with E-state index in [-0.39, 0.29) is 11.7 Å². The molecule has 0 fully saturated rings. The molecule has 1 amide bonds. The van der Waals surface area contributed by atoms with Crippen molar-refractivity contribution in [2.45, 2.75) is 5.16 Å². The second-order valence-electron chi connectivity index (χ2n) is 7.45. The molecule has 0 aliphatic carbocycles. The Hall–Kier alpha value is -4.31. The number of anilines is 1. The highest BCUT2D eigenvalue weighted by Crippen LogP contribution is 2.34. The maximum absolute atomic E-state index is 12.6. The highest BCUT2D eigenvalue weighted by molar-refractivity contribution is 7.99. The number of thioether (sulfide) groups is 1. The molecule has 3 aromatic carbocycles. The Kier molecular flexibility index (Phi) is 7.86. The van der Waals surface area contributed by atoms with Gasteiger partial charge in [0.15, 0.2) is 22.5 Å². The number of aromatic nitrogens is 3. The molecule has 10 heteroatoms. The first-order valence-corrected chi connectivity index (χ1v) is 11.9. The first-order chi connectivity index (χ1) is 17.5. The molecule has 0 saturated heterocycles. The molecule has 4 aromatic rings. The van der Waals surface area contributed by atoms with Gasteiger partial charge in [0.2, 0.25) is 5.91 Å². The smallest absolute Gasteiger partial charge is 0.337 e. The minimum atomic E-state index is -0.436. The second kappa shape index (κ2) is 11.4. The molecule has 0 spiro atoms. The molecule has 9 nitrogen and oxygen atoms in total. The number of benzene rings is 3. The quantitative estimate of drug-likeness (QED) is 0.263. The van der Waals surface area contributed by atoms with Crippen molar-refractivity contribution >= 4 is 29.3 Å². The second-order valence-corrected chi connectivity index (χ2v) is 8.40. The summed E-state index contributed by atoms with van der Waals surface area (Å²) in [5.41, 5.74) is 2.62. The first-order valence-electron chi connectivity index (χ1n) is 10.9. The van der Waals surface area contributed by atoms with Gasteiger partial charge in [0.25, 0.3) is 0 Å². The Bertz CT molecular complexity index is 1360. The Morgan fingerprint density at radius 1 is 0.889 bits per heavy atom. The third-order valence-corrected chi connectivity index (χ3v) is 6.14. The minimum Gasteiger partial charge on any atom is -0.493 e. The van der Waals surface area contributed by atoms with E-state index < -0.39 is 5.97 Å². The summed E-state index contributed by atoms with van der Waals surface area (Å²) in [7, 11) is 4.48. The van der Waals surface area contributed by atoms with Gasteiger partial charge in [-0.2, -0.15) is 0 Å². The molecule has 0 bridgehead atoms. The van der Waals surface area contributed by atoms with Crippen LogP contribution in [0.1, 0.15) is 10.4 Å². The van der Waals surface area contributed by atoms with Gasteiger partial charge in [0, 0.05) is 16.9 Å². The Labute approximate surface area is 212 Å². The molecule has 1 heterocycles. The van der Waals surface area contributed by atoms with Gasteiger partial charge in [-0.15, -0.1) is 10.2 Å². The van der Waals surface area contributed by atoms with E-state index in [1.54, 1.807) is 38.5 Å². The summed E-state index contributed by atoms with van der Waals surface area (Å²) in [6.07, 6.45) is 0. The van der Waals surface area contributed by atoms with Crippen molar-refractivity contribution in [3.63, 3.8) is 0 Å². The average Bonchev–Trinajstić information content (AvgIpc) is 3.36. The molecule has 36 heavy (non-hydrogen) atoms. The van der Waals surface area contributed by atoms with Crippen molar-refractivity contribution in [2.24, 2.45) is 0 Å². The number of ether oxygens (including phenoxy) is 3. The average molecular weight is 505 g/mol. The molecule has 1 aromatic heterocycles. The van der Waals surface area contributed by atoms with Gasteiger partial charge in [-0.05, 0) is 54.6 Å². The molecular formula is C26H24N4O5S. The number of carbonyl (C=O) groups excluding carboxylic acids is 2. The zero-order valence-corrected chi connectivity index (χ0v) is 20.7. The van der Waals surface area contributed by atoms with Crippen LogP contribution in [0.4, 0.5) is 5.69 Å². The fraction of sp³-hybridized carbons (Fsp3) is 0.154. The standard InChI is InChI=1S/C26H24N4O5S/c1-33-21-14-11-18(15-22(21)34-2)24-28-29-26(30(24)20-7-5-4-6-8-20)36-16-23(31)27-19-12-9-17(10-13-19)25(32)35-3/h4-15H,16H2,1-3H3,(H,27,31).